The van der Waals surface area contributed by atoms with Crippen LogP contribution in [0.2, 0.25) is 0 Å². The first-order chi connectivity index (χ1) is 11.6. The molecule has 0 aliphatic carbocycles. The lowest BCUT2D eigenvalue weighted by Crippen LogP contribution is -2.39. The van der Waals surface area contributed by atoms with Gasteiger partial charge in [-0.2, -0.15) is 0 Å². The molecule has 7 heteroatoms. The first-order valence-corrected chi connectivity index (χ1v) is 10.2. The average molecular weight is 363 g/mol. The van der Waals surface area contributed by atoms with Crippen molar-refractivity contribution in [3.05, 3.63) is 16.1 Å². The molecule has 0 aromatic carbocycles. The minimum absolute atomic E-state index is 0.0967. The Morgan fingerprint density at radius 3 is 2.71 bits per heavy atom. The van der Waals surface area contributed by atoms with Gasteiger partial charge in [0.25, 0.3) is 0 Å². The lowest BCUT2D eigenvalue weighted by molar-refractivity contribution is -0.117. The van der Waals surface area contributed by atoms with E-state index in [0.717, 1.165) is 34.1 Å². The zero-order chi connectivity index (χ0) is 16.7. The number of thiazole rings is 2. The maximum absolute atomic E-state index is 12.4. The Morgan fingerprint density at radius 1 is 1.29 bits per heavy atom. The lowest BCUT2D eigenvalue weighted by Gasteiger charge is -2.28. The number of nitrogens with one attached hydrogen (secondary N) is 2. The van der Waals surface area contributed by atoms with Crippen molar-refractivity contribution in [2.24, 2.45) is 5.92 Å². The van der Waals surface area contributed by atoms with Gasteiger partial charge in [0.1, 0.15) is 0 Å². The standard InChI is InChI=1S/C17H22N4OS2/c1-9-16(24-10(2)18-9)14-8-23-17(20-14)21-15(22)7-11-5-12-3-4-13(6-11)19-12/h8,11-13,19H,3-7H2,1-2H3,(H,20,21,22). The van der Waals surface area contributed by atoms with Crippen LogP contribution in [0.4, 0.5) is 5.13 Å². The van der Waals surface area contributed by atoms with E-state index in [1.165, 1.54) is 24.2 Å². The number of piperidine rings is 1. The largest absolute Gasteiger partial charge is 0.311 e. The second-order valence-corrected chi connectivity index (χ2v) is 8.97. The molecule has 2 aromatic heterocycles. The van der Waals surface area contributed by atoms with Gasteiger partial charge in [0, 0.05) is 23.9 Å². The third-order valence-electron chi connectivity index (χ3n) is 4.93. The molecule has 2 atom stereocenters. The molecule has 128 valence electrons. The zero-order valence-corrected chi connectivity index (χ0v) is 15.6. The molecule has 1 amide bonds. The van der Waals surface area contributed by atoms with Crippen LogP contribution in [0.1, 0.15) is 42.8 Å². The van der Waals surface area contributed by atoms with Crippen molar-refractivity contribution in [2.75, 3.05) is 5.32 Å². The highest BCUT2D eigenvalue weighted by atomic mass is 32.1. The quantitative estimate of drug-likeness (QED) is 0.869. The Morgan fingerprint density at radius 2 is 2.04 bits per heavy atom. The smallest absolute Gasteiger partial charge is 0.226 e. The van der Waals surface area contributed by atoms with E-state index in [1.807, 2.05) is 19.2 Å². The third kappa shape index (κ3) is 3.38. The molecule has 2 saturated heterocycles. The Balaban J connectivity index is 1.37. The van der Waals surface area contributed by atoms with Crippen LogP contribution in [0, 0.1) is 19.8 Å². The predicted octanol–water partition coefficient (Wildman–Crippen LogP) is 3.74. The van der Waals surface area contributed by atoms with Crippen molar-refractivity contribution >= 4 is 33.7 Å². The number of rotatable bonds is 4. The minimum Gasteiger partial charge on any atom is -0.311 e. The molecule has 2 fully saturated rings. The average Bonchev–Trinajstić information content (AvgIpc) is 3.19. The van der Waals surface area contributed by atoms with Crippen LogP contribution in [0.5, 0.6) is 0 Å². The summed E-state index contributed by atoms with van der Waals surface area (Å²) in [6, 6.07) is 1.26. The van der Waals surface area contributed by atoms with Crippen molar-refractivity contribution in [3.63, 3.8) is 0 Å². The van der Waals surface area contributed by atoms with Gasteiger partial charge in [-0.05, 0) is 45.4 Å². The van der Waals surface area contributed by atoms with E-state index < -0.39 is 0 Å². The number of carbonyl (C=O) groups is 1. The Bertz CT molecular complexity index is 742. The van der Waals surface area contributed by atoms with Crippen molar-refractivity contribution in [3.8, 4) is 10.6 Å². The van der Waals surface area contributed by atoms with Crippen LogP contribution in [-0.2, 0) is 4.79 Å². The first-order valence-electron chi connectivity index (χ1n) is 8.52. The van der Waals surface area contributed by atoms with Gasteiger partial charge in [0.05, 0.1) is 21.3 Å². The molecule has 24 heavy (non-hydrogen) atoms. The number of carbonyl (C=O) groups excluding carboxylic acids is 1. The summed E-state index contributed by atoms with van der Waals surface area (Å²) in [6.45, 7) is 4.00. The number of hydrogen-bond donors (Lipinski definition) is 2. The normalized spacial score (nSPS) is 25.8. The zero-order valence-electron chi connectivity index (χ0n) is 14.0. The highest BCUT2D eigenvalue weighted by Gasteiger charge is 2.34. The van der Waals surface area contributed by atoms with Crippen LogP contribution < -0.4 is 10.6 Å². The summed E-state index contributed by atoms with van der Waals surface area (Å²) in [4.78, 5) is 22.5. The van der Waals surface area contributed by atoms with Gasteiger partial charge in [-0.1, -0.05) is 0 Å². The summed E-state index contributed by atoms with van der Waals surface area (Å²) in [5.41, 5.74) is 1.92. The van der Waals surface area contributed by atoms with Crippen molar-refractivity contribution < 1.29 is 4.79 Å². The van der Waals surface area contributed by atoms with Crippen LogP contribution in [0.3, 0.4) is 0 Å². The van der Waals surface area contributed by atoms with Crippen LogP contribution in [-0.4, -0.2) is 28.0 Å². The fourth-order valence-electron chi connectivity index (χ4n) is 3.98. The molecule has 2 unspecified atom stereocenters. The maximum atomic E-state index is 12.4. The van der Waals surface area contributed by atoms with E-state index in [2.05, 4.69) is 20.6 Å². The fourth-order valence-corrected chi connectivity index (χ4v) is 5.65. The predicted molar refractivity (Wildman–Crippen MR) is 98.6 cm³/mol. The lowest BCUT2D eigenvalue weighted by atomic mass is 9.89. The number of aromatic nitrogens is 2. The van der Waals surface area contributed by atoms with Gasteiger partial charge in [-0.3, -0.25) is 4.79 Å². The first kappa shape index (κ1) is 16.2. The molecule has 2 aromatic rings. The van der Waals surface area contributed by atoms with Gasteiger partial charge in [0.2, 0.25) is 5.91 Å². The number of fused-ring (bicyclic) bond motifs is 2. The third-order valence-corrected chi connectivity index (χ3v) is 6.78. The van der Waals surface area contributed by atoms with E-state index in [1.54, 1.807) is 11.3 Å². The number of hydrogen-bond acceptors (Lipinski definition) is 6. The van der Waals surface area contributed by atoms with Gasteiger partial charge < -0.3 is 10.6 Å². The topological polar surface area (TPSA) is 66.9 Å². The summed E-state index contributed by atoms with van der Waals surface area (Å²) in [6.07, 6.45) is 5.42. The van der Waals surface area contributed by atoms with Crippen molar-refractivity contribution in [1.82, 2.24) is 15.3 Å². The van der Waals surface area contributed by atoms with Gasteiger partial charge in [-0.25, -0.2) is 9.97 Å². The molecule has 4 heterocycles. The summed E-state index contributed by atoms with van der Waals surface area (Å²) in [5, 5.41) is 10.3. The minimum atomic E-state index is 0.0967. The van der Waals surface area contributed by atoms with Crippen LogP contribution >= 0.6 is 22.7 Å². The van der Waals surface area contributed by atoms with Gasteiger partial charge in [-0.15, -0.1) is 22.7 Å². The van der Waals surface area contributed by atoms with E-state index in [-0.39, 0.29) is 5.91 Å². The van der Waals surface area contributed by atoms with E-state index >= 15 is 0 Å². The van der Waals surface area contributed by atoms with E-state index in [0.29, 0.717) is 29.6 Å². The monoisotopic (exact) mass is 362 g/mol. The molecule has 2 aliphatic rings. The van der Waals surface area contributed by atoms with Crippen LogP contribution in [0.25, 0.3) is 10.6 Å². The molecule has 2 aliphatic heterocycles. The molecule has 2 bridgehead atoms. The molecule has 2 N–H and O–H groups in total. The molecule has 0 spiro atoms. The van der Waals surface area contributed by atoms with E-state index in [9.17, 15) is 4.79 Å². The summed E-state index contributed by atoms with van der Waals surface area (Å²) in [7, 11) is 0. The summed E-state index contributed by atoms with van der Waals surface area (Å²) < 4.78 is 0. The molecule has 4 rings (SSSR count). The number of nitrogens with zero attached hydrogens (tertiary/aromatic N) is 2. The second kappa shape index (κ2) is 6.54. The molecule has 5 nitrogen and oxygen atoms in total. The Labute approximate surface area is 149 Å². The fraction of sp³-hybridized carbons (Fsp3) is 0.588. The highest BCUT2D eigenvalue weighted by molar-refractivity contribution is 7.16. The molecule has 0 saturated carbocycles. The number of anilines is 1. The Hall–Kier alpha value is -1.31. The van der Waals surface area contributed by atoms with Crippen LogP contribution in [0.15, 0.2) is 5.38 Å². The van der Waals surface area contributed by atoms with Gasteiger partial charge >= 0.3 is 0 Å². The van der Waals surface area contributed by atoms with Crippen molar-refractivity contribution in [2.45, 2.75) is 58.0 Å². The summed E-state index contributed by atoms with van der Waals surface area (Å²) in [5.74, 6) is 0.606. The number of amides is 1. The van der Waals surface area contributed by atoms with E-state index in [4.69, 9.17) is 0 Å². The Kier molecular flexibility index (Phi) is 4.40. The SMILES string of the molecule is Cc1nc(C)c(-c2csc(NC(=O)CC3CC4CCC(C3)N4)n2)s1. The molecular weight excluding hydrogens is 340 g/mol. The highest BCUT2D eigenvalue weighted by Crippen LogP contribution is 2.34. The molecular formula is C17H22N4OS2. The van der Waals surface area contributed by atoms with Gasteiger partial charge in [0.15, 0.2) is 5.13 Å². The summed E-state index contributed by atoms with van der Waals surface area (Å²) >= 11 is 3.14. The molecule has 0 radical (unpaired) electrons. The second-order valence-electron chi connectivity index (χ2n) is 6.91. The number of aryl methyl sites for hydroxylation is 2. The maximum Gasteiger partial charge on any atom is 0.226 e. The van der Waals surface area contributed by atoms with Crippen molar-refractivity contribution in [1.29, 1.82) is 0 Å².